The third-order valence-electron chi connectivity index (χ3n) is 1.76. The number of unbranched alkanes of at least 4 members (excludes halogenated alkanes) is 2. The summed E-state index contributed by atoms with van der Waals surface area (Å²) in [7, 11) is 0. The van der Waals surface area contributed by atoms with Gasteiger partial charge in [0.25, 0.3) is 0 Å². The Balaban J connectivity index is 3.64. The van der Waals surface area contributed by atoms with E-state index in [0.717, 1.165) is 19.3 Å². The summed E-state index contributed by atoms with van der Waals surface area (Å²) in [5, 5.41) is 0. The molecule has 2 nitrogen and oxygen atoms in total. The monoisotopic (exact) mass is 177 g/mol. The van der Waals surface area contributed by atoms with Crippen molar-refractivity contribution in [3.05, 3.63) is 0 Å². The van der Waals surface area contributed by atoms with Crippen LogP contribution in [0.2, 0.25) is 0 Å². The highest BCUT2D eigenvalue weighted by Gasteiger charge is 2.26. The van der Waals surface area contributed by atoms with Gasteiger partial charge in [0.2, 0.25) is 5.91 Å². The first-order chi connectivity index (χ1) is 5.00. The first kappa shape index (κ1) is 10.8. The maximum Gasteiger partial charge on any atom is 0.238 e. The van der Waals surface area contributed by atoms with E-state index < -0.39 is 10.8 Å². The zero-order valence-corrected chi connectivity index (χ0v) is 7.95. The number of rotatable bonds is 5. The van der Waals surface area contributed by atoms with Gasteiger partial charge in [-0.15, -0.1) is 11.6 Å². The fraction of sp³-hybridized carbons (Fsp3) is 0.875. The predicted octanol–water partition coefficient (Wildman–Crippen LogP) is 2.05. The Morgan fingerprint density at radius 3 is 2.45 bits per heavy atom. The molecule has 0 aromatic carbocycles. The van der Waals surface area contributed by atoms with Gasteiger partial charge in [-0.1, -0.05) is 26.2 Å². The highest BCUT2D eigenvalue weighted by molar-refractivity contribution is 6.34. The average molecular weight is 178 g/mol. The molecule has 0 radical (unpaired) electrons. The van der Waals surface area contributed by atoms with Crippen molar-refractivity contribution in [3.8, 4) is 0 Å². The largest absolute Gasteiger partial charge is 0.368 e. The minimum Gasteiger partial charge on any atom is -0.368 e. The Labute approximate surface area is 73.1 Å². The number of hydrogen-bond donors (Lipinski definition) is 1. The number of alkyl halides is 1. The molecular weight excluding hydrogens is 162 g/mol. The van der Waals surface area contributed by atoms with Gasteiger partial charge in [0.15, 0.2) is 0 Å². The second-order valence-corrected chi connectivity index (χ2v) is 3.85. The second kappa shape index (κ2) is 4.60. The van der Waals surface area contributed by atoms with Gasteiger partial charge in [0.1, 0.15) is 4.87 Å². The summed E-state index contributed by atoms with van der Waals surface area (Å²) in [6.45, 7) is 3.78. The molecule has 1 unspecified atom stereocenters. The van der Waals surface area contributed by atoms with Crippen molar-refractivity contribution < 1.29 is 4.79 Å². The van der Waals surface area contributed by atoms with Crippen molar-refractivity contribution in [2.75, 3.05) is 0 Å². The summed E-state index contributed by atoms with van der Waals surface area (Å²) in [4.78, 5) is 9.87. The van der Waals surface area contributed by atoms with Crippen LogP contribution >= 0.6 is 11.6 Å². The fourth-order valence-corrected chi connectivity index (χ4v) is 0.964. The Hall–Kier alpha value is -0.240. The Morgan fingerprint density at radius 1 is 1.55 bits per heavy atom. The molecule has 0 bridgehead atoms. The standard InChI is InChI=1S/C8H16ClNO/c1-3-4-5-6-8(2,9)7(10)11/h3-6H2,1-2H3,(H2,10,11). The van der Waals surface area contributed by atoms with Crippen molar-refractivity contribution in [3.63, 3.8) is 0 Å². The van der Waals surface area contributed by atoms with Crippen molar-refractivity contribution in [2.45, 2.75) is 44.4 Å². The highest BCUT2D eigenvalue weighted by Crippen LogP contribution is 2.21. The molecule has 0 heterocycles. The van der Waals surface area contributed by atoms with Crippen LogP contribution in [-0.2, 0) is 4.79 Å². The Kier molecular flexibility index (Phi) is 4.50. The van der Waals surface area contributed by atoms with Crippen LogP contribution in [0.25, 0.3) is 0 Å². The SMILES string of the molecule is CCCCCC(C)(Cl)C(N)=O. The van der Waals surface area contributed by atoms with Gasteiger partial charge in [-0.25, -0.2) is 0 Å². The van der Waals surface area contributed by atoms with Gasteiger partial charge in [0, 0.05) is 0 Å². The van der Waals surface area contributed by atoms with Crippen molar-refractivity contribution in [1.29, 1.82) is 0 Å². The molecule has 3 heteroatoms. The summed E-state index contributed by atoms with van der Waals surface area (Å²) in [6.07, 6.45) is 3.89. The normalized spacial score (nSPS) is 15.9. The molecule has 0 aliphatic rings. The van der Waals surface area contributed by atoms with Crippen LogP contribution in [0.4, 0.5) is 0 Å². The zero-order valence-electron chi connectivity index (χ0n) is 7.19. The molecule has 2 N–H and O–H groups in total. The second-order valence-electron chi connectivity index (χ2n) is 3.02. The molecule has 0 fully saturated rings. The van der Waals surface area contributed by atoms with E-state index in [1.54, 1.807) is 6.92 Å². The molecule has 0 aliphatic heterocycles. The van der Waals surface area contributed by atoms with Crippen molar-refractivity contribution in [1.82, 2.24) is 0 Å². The first-order valence-electron chi connectivity index (χ1n) is 3.99. The molecule has 0 aliphatic carbocycles. The number of primary amides is 1. The lowest BCUT2D eigenvalue weighted by Gasteiger charge is -2.16. The van der Waals surface area contributed by atoms with Gasteiger partial charge in [0.05, 0.1) is 0 Å². The molecule has 0 saturated heterocycles. The molecule has 0 spiro atoms. The van der Waals surface area contributed by atoms with E-state index in [1.165, 1.54) is 0 Å². The van der Waals surface area contributed by atoms with Gasteiger partial charge >= 0.3 is 0 Å². The van der Waals surface area contributed by atoms with E-state index >= 15 is 0 Å². The van der Waals surface area contributed by atoms with E-state index in [0.29, 0.717) is 6.42 Å². The molecule has 1 amide bonds. The quantitative estimate of drug-likeness (QED) is 0.507. The molecule has 0 rings (SSSR count). The molecule has 0 aromatic rings. The lowest BCUT2D eigenvalue weighted by Crippen LogP contribution is -2.35. The Bertz CT molecular complexity index is 134. The van der Waals surface area contributed by atoms with E-state index in [9.17, 15) is 4.79 Å². The number of hydrogen-bond acceptors (Lipinski definition) is 1. The molecule has 66 valence electrons. The molecule has 0 aromatic heterocycles. The van der Waals surface area contributed by atoms with Crippen LogP contribution in [-0.4, -0.2) is 10.8 Å². The number of carbonyl (C=O) groups is 1. The molecular formula is C8H16ClNO. The zero-order chi connectivity index (χ0) is 8.91. The maximum absolute atomic E-state index is 10.7. The predicted molar refractivity (Wildman–Crippen MR) is 47.6 cm³/mol. The number of halogens is 1. The topological polar surface area (TPSA) is 43.1 Å². The summed E-state index contributed by atoms with van der Waals surface area (Å²) in [5.74, 6) is -0.421. The van der Waals surface area contributed by atoms with E-state index in [2.05, 4.69) is 6.92 Å². The number of amides is 1. The van der Waals surface area contributed by atoms with Crippen LogP contribution < -0.4 is 5.73 Å². The maximum atomic E-state index is 10.7. The van der Waals surface area contributed by atoms with Crippen LogP contribution in [0.5, 0.6) is 0 Å². The third-order valence-corrected chi connectivity index (χ3v) is 2.14. The molecule has 0 saturated carbocycles. The number of nitrogens with two attached hydrogens (primary N) is 1. The minimum atomic E-state index is -0.838. The summed E-state index contributed by atoms with van der Waals surface area (Å²) in [5.41, 5.74) is 5.08. The van der Waals surface area contributed by atoms with Crippen molar-refractivity contribution >= 4 is 17.5 Å². The first-order valence-corrected chi connectivity index (χ1v) is 4.37. The van der Waals surface area contributed by atoms with Crippen LogP contribution in [0.15, 0.2) is 0 Å². The van der Waals surface area contributed by atoms with Gasteiger partial charge in [-0.05, 0) is 13.3 Å². The number of carbonyl (C=O) groups excluding carboxylic acids is 1. The Morgan fingerprint density at radius 2 is 2.09 bits per heavy atom. The van der Waals surface area contributed by atoms with Gasteiger partial charge in [-0.3, -0.25) is 4.79 Å². The van der Waals surface area contributed by atoms with E-state index in [4.69, 9.17) is 17.3 Å². The molecule has 1 atom stereocenters. The van der Waals surface area contributed by atoms with Crippen LogP contribution in [0.1, 0.15) is 39.5 Å². The van der Waals surface area contributed by atoms with Crippen molar-refractivity contribution in [2.24, 2.45) is 5.73 Å². The lowest BCUT2D eigenvalue weighted by molar-refractivity contribution is -0.120. The van der Waals surface area contributed by atoms with Crippen LogP contribution in [0.3, 0.4) is 0 Å². The average Bonchev–Trinajstić information content (AvgIpc) is 1.88. The van der Waals surface area contributed by atoms with E-state index in [1.807, 2.05) is 0 Å². The smallest absolute Gasteiger partial charge is 0.238 e. The summed E-state index contributed by atoms with van der Waals surface area (Å²) < 4.78 is 0. The summed E-state index contributed by atoms with van der Waals surface area (Å²) >= 11 is 5.83. The third kappa shape index (κ3) is 4.25. The van der Waals surface area contributed by atoms with E-state index in [-0.39, 0.29) is 0 Å². The van der Waals surface area contributed by atoms with Gasteiger partial charge < -0.3 is 5.73 Å². The fourth-order valence-electron chi connectivity index (χ4n) is 0.830. The lowest BCUT2D eigenvalue weighted by atomic mass is 10.0. The minimum absolute atomic E-state index is 0.421. The van der Waals surface area contributed by atoms with Crippen LogP contribution in [0, 0.1) is 0 Å². The summed E-state index contributed by atoms with van der Waals surface area (Å²) in [6, 6.07) is 0. The molecule has 11 heavy (non-hydrogen) atoms. The van der Waals surface area contributed by atoms with Gasteiger partial charge in [-0.2, -0.15) is 0 Å². The highest BCUT2D eigenvalue weighted by atomic mass is 35.5.